The molecule has 2 fully saturated rings. The van der Waals surface area contributed by atoms with Crippen molar-refractivity contribution in [1.29, 1.82) is 0 Å². The van der Waals surface area contributed by atoms with Crippen LogP contribution in [0.1, 0.15) is 39.0 Å². The van der Waals surface area contributed by atoms with Crippen LogP contribution in [0.2, 0.25) is 0 Å². The van der Waals surface area contributed by atoms with Crippen molar-refractivity contribution in [3.05, 3.63) is 0 Å². The largest absolute Gasteiger partial charge is 0.396 e. The van der Waals surface area contributed by atoms with Crippen LogP contribution in [0.4, 0.5) is 0 Å². The van der Waals surface area contributed by atoms with Crippen LogP contribution >= 0.6 is 0 Å². The summed E-state index contributed by atoms with van der Waals surface area (Å²) in [5.74, 6) is 0.372. The van der Waals surface area contributed by atoms with Gasteiger partial charge in [-0.25, -0.2) is 0 Å². The minimum Gasteiger partial charge on any atom is -0.396 e. The van der Waals surface area contributed by atoms with Crippen LogP contribution in [-0.2, 0) is 9.59 Å². The molecule has 2 rings (SSSR count). The van der Waals surface area contributed by atoms with Crippen molar-refractivity contribution < 1.29 is 14.7 Å². The molecule has 108 valence electrons. The fraction of sp³-hybridized carbons (Fsp3) is 0.857. The number of piperidine rings is 1. The smallest absolute Gasteiger partial charge is 0.245 e. The lowest BCUT2D eigenvalue weighted by molar-refractivity contribution is -0.145. The Bertz CT molecular complexity index is 346. The molecule has 2 unspecified atom stereocenters. The first kappa shape index (κ1) is 14.3. The third-order valence-corrected chi connectivity index (χ3v) is 4.25. The van der Waals surface area contributed by atoms with E-state index in [2.05, 4.69) is 0 Å². The van der Waals surface area contributed by atoms with Gasteiger partial charge in [0, 0.05) is 32.7 Å². The van der Waals surface area contributed by atoms with Gasteiger partial charge in [-0.05, 0) is 31.6 Å². The molecule has 0 aliphatic carbocycles. The van der Waals surface area contributed by atoms with Crippen molar-refractivity contribution in [3.8, 4) is 0 Å². The minimum absolute atomic E-state index is 0.0656. The summed E-state index contributed by atoms with van der Waals surface area (Å²) >= 11 is 0. The van der Waals surface area contributed by atoms with Gasteiger partial charge in [0.15, 0.2) is 0 Å². The van der Waals surface area contributed by atoms with Gasteiger partial charge < -0.3 is 14.9 Å². The molecule has 5 nitrogen and oxygen atoms in total. The summed E-state index contributed by atoms with van der Waals surface area (Å²) in [5.41, 5.74) is 0. The lowest BCUT2D eigenvalue weighted by Gasteiger charge is -2.36. The highest BCUT2D eigenvalue weighted by molar-refractivity contribution is 5.88. The van der Waals surface area contributed by atoms with Crippen LogP contribution < -0.4 is 0 Å². The highest BCUT2D eigenvalue weighted by Gasteiger charge is 2.35. The highest BCUT2D eigenvalue weighted by Crippen LogP contribution is 2.21. The molecule has 2 aliphatic heterocycles. The van der Waals surface area contributed by atoms with Crippen molar-refractivity contribution in [2.45, 2.75) is 45.1 Å². The van der Waals surface area contributed by atoms with Crippen LogP contribution in [-0.4, -0.2) is 59.0 Å². The van der Waals surface area contributed by atoms with Gasteiger partial charge in [-0.1, -0.05) is 6.92 Å². The molecule has 1 N–H and O–H groups in total. The molecule has 2 atom stereocenters. The minimum atomic E-state index is -0.299. The number of likely N-dealkylation sites (tertiary alicyclic amines) is 2. The average Bonchev–Trinajstić information content (AvgIpc) is 2.86. The van der Waals surface area contributed by atoms with Gasteiger partial charge in [0.1, 0.15) is 6.04 Å². The van der Waals surface area contributed by atoms with Crippen LogP contribution in [0.5, 0.6) is 0 Å². The van der Waals surface area contributed by atoms with E-state index in [0.717, 1.165) is 25.8 Å². The fourth-order valence-electron chi connectivity index (χ4n) is 3.15. The summed E-state index contributed by atoms with van der Waals surface area (Å²) in [4.78, 5) is 27.9. The van der Waals surface area contributed by atoms with Crippen molar-refractivity contribution in [2.75, 3.05) is 26.2 Å². The normalized spacial score (nSPS) is 25.8. The molecular formula is C14H24N2O3. The lowest BCUT2D eigenvalue weighted by atomic mass is 9.98. The summed E-state index contributed by atoms with van der Waals surface area (Å²) in [6.07, 6.45) is 4.04. The Morgan fingerprint density at radius 2 is 2.21 bits per heavy atom. The van der Waals surface area contributed by atoms with Gasteiger partial charge in [0.2, 0.25) is 11.8 Å². The number of hydrogen-bond donors (Lipinski definition) is 1. The average molecular weight is 268 g/mol. The maximum Gasteiger partial charge on any atom is 0.245 e. The van der Waals surface area contributed by atoms with E-state index in [1.807, 2.05) is 11.8 Å². The van der Waals surface area contributed by atoms with E-state index in [9.17, 15) is 14.7 Å². The van der Waals surface area contributed by atoms with Gasteiger partial charge in [-0.3, -0.25) is 9.59 Å². The highest BCUT2D eigenvalue weighted by atomic mass is 16.3. The van der Waals surface area contributed by atoms with Crippen molar-refractivity contribution in [1.82, 2.24) is 9.80 Å². The molecule has 2 aliphatic rings. The van der Waals surface area contributed by atoms with Gasteiger partial charge >= 0.3 is 0 Å². The molecule has 2 saturated heterocycles. The topological polar surface area (TPSA) is 60.9 Å². The summed E-state index contributed by atoms with van der Waals surface area (Å²) < 4.78 is 0. The predicted octanol–water partition coefficient (Wildman–Crippen LogP) is 0.618. The standard InChI is InChI=1S/C14H24N2O3/c1-2-12(16-8-4-6-13(16)18)14(19)15-7-3-5-11(9-15)10-17/h11-12,17H,2-10H2,1H3. The number of hydrogen-bond acceptors (Lipinski definition) is 3. The zero-order valence-electron chi connectivity index (χ0n) is 11.7. The van der Waals surface area contributed by atoms with E-state index in [1.165, 1.54) is 0 Å². The number of rotatable bonds is 4. The third-order valence-electron chi connectivity index (χ3n) is 4.25. The molecule has 0 aromatic heterocycles. The summed E-state index contributed by atoms with van der Waals surface area (Å²) in [6, 6.07) is -0.299. The van der Waals surface area contributed by atoms with E-state index >= 15 is 0 Å². The zero-order chi connectivity index (χ0) is 13.8. The third kappa shape index (κ3) is 3.08. The Morgan fingerprint density at radius 3 is 2.79 bits per heavy atom. The molecule has 0 aromatic carbocycles. The Kier molecular flexibility index (Phi) is 4.80. The maximum atomic E-state index is 12.6. The Labute approximate surface area is 114 Å². The Morgan fingerprint density at radius 1 is 1.42 bits per heavy atom. The van der Waals surface area contributed by atoms with Crippen LogP contribution in [0.3, 0.4) is 0 Å². The molecular weight excluding hydrogens is 244 g/mol. The molecule has 19 heavy (non-hydrogen) atoms. The molecule has 0 spiro atoms. The van der Waals surface area contributed by atoms with Gasteiger partial charge in [-0.2, -0.15) is 0 Å². The number of carbonyl (C=O) groups is 2. The molecule has 0 aromatic rings. The molecule has 0 saturated carbocycles. The first-order valence-electron chi connectivity index (χ1n) is 7.36. The Hall–Kier alpha value is -1.10. The van der Waals surface area contributed by atoms with Crippen molar-refractivity contribution >= 4 is 11.8 Å². The SMILES string of the molecule is CCC(C(=O)N1CCCC(CO)C1)N1CCCC1=O. The van der Waals surface area contributed by atoms with Crippen LogP contribution in [0, 0.1) is 5.92 Å². The second kappa shape index (κ2) is 6.37. The van der Waals surface area contributed by atoms with Gasteiger partial charge in [-0.15, -0.1) is 0 Å². The maximum absolute atomic E-state index is 12.6. The number of carbonyl (C=O) groups excluding carboxylic acids is 2. The van der Waals surface area contributed by atoms with Crippen molar-refractivity contribution in [2.24, 2.45) is 5.92 Å². The first-order valence-corrected chi connectivity index (χ1v) is 7.36. The summed E-state index contributed by atoms with van der Waals surface area (Å²) in [6.45, 7) is 4.20. The van der Waals surface area contributed by atoms with E-state index in [0.29, 0.717) is 25.9 Å². The monoisotopic (exact) mass is 268 g/mol. The predicted molar refractivity (Wildman–Crippen MR) is 71.4 cm³/mol. The second-order valence-corrected chi connectivity index (χ2v) is 5.59. The van der Waals surface area contributed by atoms with E-state index in [-0.39, 0.29) is 30.4 Å². The molecule has 5 heteroatoms. The lowest BCUT2D eigenvalue weighted by Crippen LogP contribution is -2.51. The number of aliphatic hydroxyl groups is 1. The van der Waals surface area contributed by atoms with Gasteiger partial charge in [0.25, 0.3) is 0 Å². The molecule has 2 heterocycles. The molecule has 0 radical (unpaired) electrons. The Balaban J connectivity index is 2.01. The second-order valence-electron chi connectivity index (χ2n) is 5.59. The van der Waals surface area contributed by atoms with Crippen LogP contribution in [0.15, 0.2) is 0 Å². The van der Waals surface area contributed by atoms with E-state index < -0.39 is 0 Å². The number of amides is 2. The molecule has 2 amide bonds. The summed E-state index contributed by atoms with van der Waals surface area (Å²) in [7, 11) is 0. The zero-order valence-corrected chi connectivity index (χ0v) is 11.7. The van der Waals surface area contributed by atoms with Crippen LogP contribution in [0.25, 0.3) is 0 Å². The molecule has 0 bridgehead atoms. The van der Waals surface area contributed by atoms with Gasteiger partial charge in [0.05, 0.1) is 0 Å². The van der Waals surface area contributed by atoms with E-state index in [1.54, 1.807) is 4.90 Å². The number of nitrogens with zero attached hydrogens (tertiary/aromatic N) is 2. The quantitative estimate of drug-likeness (QED) is 0.813. The fourth-order valence-corrected chi connectivity index (χ4v) is 3.15. The summed E-state index contributed by atoms with van der Waals surface area (Å²) in [5, 5.41) is 9.24. The number of aliphatic hydroxyl groups excluding tert-OH is 1. The van der Waals surface area contributed by atoms with Crippen molar-refractivity contribution in [3.63, 3.8) is 0 Å². The van der Waals surface area contributed by atoms with E-state index in [4.69, 9.17) is 0 Å². The first-order chi connectivity index (χ1) is 9.17.